The van der Waals surface area contributed by atoms with Gasteiger partial charge in [-0.2, -0.15) is 0 Å². The van der Waals surface area contributed by atoms with Crippen molar-refractivity contribution in [1.29, 1.82) is 0 Å². The Morgan fingerprint density at radius 3 is 2.32 bits per heavy atom. The van der Waals surface area contributed by atoms with Gasteiger partial charge in [0.1, 0.15) is 0 Å². The molecule has 1 aliphatic heterocycles. The van der Waals surface area contributed by atoms with Crippen molar-refractivity contribution in [2.24, 2.45) is 11.8 Å². The number of nitro groups is 1. The third-order valence-electron chi connectivity index (χ3n) is 5.22. The maximum Gasteiger partial charge on any atom is 0.338 e. The van der Waals surface area contributed by atoms with Crippen LogP contribution < -0.4 is 5.32 Å². The molecule has 1 aliphatic rings. The van der Waals surface area contributed by atoms with E-state index >= 15 is 0 Å². The number of hydrogen-bond acceptors (Lipinski definition) is 6. The summed E-state index contributed by atoms with van der Waals surface area (Å²) in [6.45, 7) is 10.9. The van der Waals surface area contributed by atoms with Gasteiger partial charge in [0, 0.05) is 42.9 Å². The molecule has 0 saturated carbocycles. The fourth-order valence-corrected chi connectivity index (χ4v) is 3.75. The molecule has 28 heavy (non-hydrogen) atoms. The molecule has 2 unspecified atom stereocenters. The Morgan fingerprint density at radius 1 is 1.21 bits per heavy atom. The molecule has 1 aromatic carbocycles. The largest absolute Gasteiger partial charge is 0.465 e. The molecule has 8 heteroatoms. The molecule has 2 atom stereocenters. The smallest absolute Gasteiger partial charge is 0.338 e. The number of benzene rings is 1. The van der Waals surface area contributed by atoms with E-state index in [4.69, 9.17) is 0 Å². The van der Waals surface area contributed by atoms with Crippen molar-refractivity contribution in [3.8, 4) is 0 Å². The number of esters is 1. The quantitative estimate of drug-likeness (QED) is 0.454. The molecule has 0 radical (unpaired) electrons. The number of nitrogens with one attached hydrogen (secondary N) is 1. The normalized spacial score (nSPS) is 20.5. The van der Waals surface area contributed by atoms with Gasteiger partial charge >= 0.3 is 5.97 Å². The lowest BCUT2D eigenvalue weighted by molar-refractivity contribution is -0.384. The average molecular weight is 391 g/mol. The highest BCUT2D eigenvalue weighted by Gasteiger charge is 2.33. The molecule has 2 rings (SSSR count). The molecule has 0 aliphatic carbocycles. The zero-order valence-electron chi connectivity index (χ0n) is 17.2. The number of rotatable bonds is 6. The van der Waals surface area contributed by atoms with Crippen LogP contribution in [0.15, 0.2) is 18.2 Å². The Bertz CT molecular complexity index is 752. The van der Waals surface area contributed by atoms with Gasteiger partial charge in [-0.05, 0) is 38.2 Å². The van der Waals surface area contributed by atoms with E-state index in [-0.39, 0.29) is 22.4 Å². The zero-order valence-corrected chi connectivity index (χ0v) is 17.2. The first-order valence-corrected chi connectivity index (χ1v) is 9.44. The molecule has 1 N–H and O–H groups in total. The zero-order chi connectivity index (χ0) is 21.1. The Balaban J connectivity index is 2.14. The molecule has 1 heterocycles. The second kappa shape index (κ2) is 8.68. The van der Waals surface area contributed by atoms with Crippen LogP contribution in [0.3, 0.4) is 0 Å². The second-order valence-corrected chi connectivity index (χ2v) is 8.36. The summed E-state index contributed by atoms with van der Waals surface area (Å²) in [6, 6.07) is 3.58. The van der Waals surface area contributed by atoms with Crippen molar-refractivity contribution in [2.45, 2.75) is 39.7 Å². The molecule has 8 nitrogen and oxygen atoms in total. The van der Waals surface area contributed by atoms with Gasteiger partial charge in [-0.15, -0.1) is 0 Å². The summed E-state index contributed by atoms with van der Waals surface area (Å²) in [5.41, 5.74) is -0.554. The van der Waals surface area contributed by atoms with Crippen molar-refractivity contribution in [3.63, 3.8) is 0 Å². The maximum absolute atomic E-state index is 12.6. The van der Waals surface area contributed by atoms with Crippen LogP contribution in [0.1, 0.15) is 54.8 Å². The van der Waals surface area contributed by atoms with E-state index in [1.54, 1.807) is 0 Å². The Kier molecular flexibility index (Phi) is 6.77. The molecule has 0 aromatic heterocycles. The van der Waals surface area contributed by atoms with E-state index in [1.807, 2.05) is 0 Å². The first kappa shape index (κ1) is 21.8. The van der Waals surface area contributed by atoms with Crippen molar-refractivity contribution in [2.75, 3.05) is 26.7 Å². The molecule has 1 saturated heterocycles. The number of carbonyl (C=O) groups is 2. The number of nitro benzene ring substituents is 1. The van der Waals surface area contributed by atoms with E-state index in [9.17, 15) is 19.7 Å². The number of likely N-dealkylation sites (tertiary alicyclic amines) is 1. The van der Waals surface area contributed by atoms with Crippen LogP contribution in [-0.4, -0.2) is 54.0 Å². The van der Waals surface area contributed by atoms with Gasteiger partial charge in [0.25, 0.3) is 11.6 Å². The minimum Gasteiger partial charge on any atom is -0.465 e. The lowest BCUT2D eigenvalue weighted by Crippen LogP contribution is -2.56. The fourth-order valence-electron chi connectivity index (χ4n) is 3.75. The van der Waals surface area contributed by atoms with Crippen LogP contribution in [0.4, 0.5) is 5.69 Å². The van der Waals surface area contributed by atoms with Gasteiger partial charge in [-0.25, -0.2) is 4.79 Å². The average Bonchev–Trinajstić information content (AvgIpc) is 2.64. The number of nitrogens with zero attached hydrogens (tertiary/aromatic N) is 2. The summed E-state index contributed by atoms with van der Waals surface area (Å²) in [7, 11) is 1.18. The number of piperidine rings is 1. The van der Waals surface area contributed by atoms with Gasteiger partial charge < -0.3 is 10.1 Å². The minimum atomic E-state index is -0.727. The number of hydrogen-bond donors (Lipinski definition) is 1. The number of amides is 1. The Morgan fingerprint density at radius 2 is 1.79 bits per heavy atom. The van der Waals surface area contributed by atoms with Crippen LogP contribution in [0.2, 0.25) is 0 Å². The van der Waals surface area contributed by atoms with E-state index in [0.29, 0.717) is 18.4 Å². The molecule has 0 spiro atoms. The molecule has 0 bridgehead atoms. The summed E-state index contributed by atoms with van der Waals surface area (Å²) < 4.78 is 4.62. The van der Waals surface area contributed by atoms with Crippen LogP contribution in [-0.2, 0) is 4.74 Å². The lowest BCUT2D eigenvalue weighted by Gasteiger charge is -2.45. The van der Waals surface area contributed by atoms with Gasteiger partial charge in [-0.1, -0.05) is 13.8 Å². The van der Waals surface area contributed by atoms with Crippen molar-refractivity contribution >= 4 is 17.6 Å². The molecular formula is C20H29N3O5. The van der Waals surface area contributed by atoms with Gasteiger partial charge in [0.05, 0.1) is 17.6 Å². The first-order valence-electron chi connectivity index (χ1n) is 9.44. The van der Waals surface area contributed by atoms with Gasteiger partial charge in [0.2, 0.25) is 0 Å². The Hall–Kier alpha value is -2.48. The lowest BCUT2D eigenvalue weighted by atomic mass is 9.88. The maximum atomic E-state index is 12.6. The number of methoxy groups -OCH3 is 1. The Labute approximate surface area is 165 Å². The predicted octanol–water partition coefficient (Wildman–Crippen LogP) is 2.87. The summed E-state index contributed by atoms with van der Waals surface area (Å²) >= 11 is 0. The topological polar surface area (TPSA) is 102 Å². The van der Waals surface area contributed by atoms with Crippen LogP contribution in [0.5, 0.6) is 0 Å². The van der Waals surface area contributed by atoms with Crippen LogP contribution in [0, 0.1) is 22.0 Å². The van der Waals surface area contributed by atoms with E-state index in [1.165, 1.54) is 25.7 Å². The molecule has 1 aromatic rings. The van der Waals surface area contributed by atoms with Crippen LogP contribution in [0.25, 0.3) is 0 Å². The SMILES string of the molecule is COC(=O)c1cc(C(=O)NCC(C)(C)N2CC(C)CC(C)C2)cc([N+](=O)[O-])c1. The number of non-ortho nitro benzene ring substituents is 1. The highest BCUT2D eigenvalue weighted by Crippen LogP contribution is 2.27. The third kappa shape index (κ3) is 5.28. The van der Waals surface area contributed by atoms with Crippen LogP contribution >= 0.6 is 0 Å². The van der Waals surface area contributed by atoms with Crippen molar-refractivity contribution in [3.05, 3.63) is 39.4 Å². The van der Waals surface area contributed by atoms with E-state index in [0.717, 1.165) is 19.2 Å². The first-order chi connectivity index (χ1) is 13.0. The van der Waals surface area contributed by atoms with Gasteiger partial charge in [-0.3, -0.25) is 19.8 Å². The highest BCUT2D eigenvalue weighted by atomic mass is 16.6. The van der Waals surface area contributed by atoms with Crippen molar-refractivity contribution in [1.82, 2.24) is 10.2 Å². The second-order valence-electron chi connectivity index (χ2n) is 8.36. The molecular weight excluding hydrogens is 362 g/mol. The standard InChI is InChI=1S/C20H29N3O5/c1-13-6-14(2)11-22(10-13)20(3,4)12-21-18(24)15-7-16(19(25)28-5)9-17(8-15)23(26)27/h7-9,13-14H,6,10-12H2,1-5H3,(H,21,24). The number of carbonyl (C=O) groups excluding carboxylic acids is 2. The van der Waals surface area contributed by atoms with E-state index in [2.05, 4.69) is 42.6 Å². The summed E-state index contributed by atoms with van der Waals surface area (Å²) in [6.07, 6.45) is 1.20. The van der Waals surface area contributed by atoms with Crippen molar-refractivity contribution < 1.29 is 19.2 Å². The molecule has 1 fully saturated rings. The monoisotopic (exact) mass is 391 g/mol. The van der Waals surface area contributed by atoms with E-state index < -0.39 is 16.8 Å². The summed E-state index contributed by atoms with van der Waals surface area (Å²) in [4.78, 5) is 37.3. The third-order valence-corrected chi connectivity index (χ3v) is 5.22. The summed E-state index contributed by atoms with van der Waals surface area (Å²) in [5, 5.41) is 14.0. The predicted molar refractivity (Wildman–Crippen MR) is 105 cm³/mol. The fraction of sp³-hybridized carbons (Fsp3) is 0.600. The summed E-state index contributed by atoms with van der Waals surface area (Å²) in [5.74, 6) is 0.00522. The minimum absolute atomic E-state index is 0.0280. The number of ether oxygens (including phenoxy) is 1. The molecule has 1 amide bonds. The van der Waals surface area contributed by atoms with Gasteiger partial charge in [0.15, 0.2) is 0 Å². The molecule has 154 valence electrons. The highest BCUT2D eigenvalue weighted by molar-refractivity contribution is 5.99.